The van der Waals surface area contributed by atoms with E-state index in [4.69, 9.17) is 5.84 Å². The Kier molecular flexibility index (Phi) is 2.28. The molecule has 1 atom stereocenters. The molecule has 5 heteroatoms. The van der Waals surface area contributed by atoms with Crippen molar-refractivity contribution in [2.75, 3.05) is 11.5 Å². The smallest absolute Gasteiger partial charge is 0.151 e. The van der Waals surface area contributed by atoms with Crippen molar-refractivity contribution in [2.24, 2.45) is 5.84 Å². The van der Waals surface area contributed by atoms with Gasteiger partial charge in [0.15, 0.2) is 9.84 Å². The van der Waals surface area contributed by atoms with Gasteiger partial charge in [0, 0.05) is 6.04 Å². The van der Waals surface area contributed by atoms with Crippen molar-refractivity contribution in [2.45, 2.75) is 18.9 Å². The van der Waals surface area contributed by atoms with Crippen LogP contribution >= 0.6 is 0 Å². The molecule has 1 fully saturated rings. The van der Waals surface area contributed by atoms with Crippen LogP contribution in [0.3, 0.4) is 0 Å². The number of hydrogen-bond donors (Lipinski definition) is 2. The van der Waals surface area contributed by atoms with Crippen molar-refractivity contribution in [3.8, 4) is 0 Å². The zero-order chi connectivity index (χ0) is 7.61. The largest absolute Gasteiger partial charge is 0.271 e. The van der Waals surface area contributed by atoms with Crippen LogP contribution in [-0.4, -0.2) is 26.0 Å². The summed E-state index contributed by atoms with van der Waals surface area (Å²) in [5.74, 6) is 5.63. The van der Waals surface area contributed by atoms with E-state index in [1.54, 1.807) is 0 Å². The van der Waals surface area contributed by atoms with E-state index in [1.807, 2.05) is 0 Å². The maximum atomic E-state index is 10.9. The SMILES string of the molecule is NNC1CCCS(=O)(=O)C1. The minimum absolute atomic E-state index is 0.0289. The number of rotatable bonds is 1. The Labute approximate surface area is 60.7 Å². The van der Waals surface area contributed by atoms with Crippen molar-refractivity contribution in [3.05, 3.63) is 0 Å². The molecule has 4 nitrogen and oxygen atoms in total. The third-order valence-corrected chi connectivity index (χ3v) is 3.52. The minimum atomic E-state index is -2.79. The Hall–Kier alpha value is -0.130. The number of nitrogens with two attached hydrogens (primary N) is 1. The number of hydrogen-bond acceptors (Lipinski definition) is 4. The fourth-order valence-corrected chi connectivity index (χ4v) is 2.80. The van der Waals surface area contributed by atoms with Crippen LogP contribution in [0.2, 0.25) is 0 Å². The third kappa shape index (κ3) is 1.93. The van der Waals surface area contributed by atoms with Crippen LogP contribution < -0.4 is 11.3 Å². The van der Waals surface area contributed by atoms with E-state index in [2.05, 4.69) is 5.43 Å². The monoisotopic (exact) mass is 164 g/mol. The Morgan fingerprint density at radius 3 is 2.60 bits per heavy atom. The van der Waals surface area contributed by atoms with Crippen molar-refractivity contribution in [1.82, 2.24) is 5.43 Å². The molecule has 1 saturated heterocycles. The molecule has 10 heavy (non-hydrogen) atoms. The lowest BCUT2D eigenvalue weighted by Gasteiger charge is -2.20. The summed E-state index contributed by atoms with van der Waals surface area (Å²) >= 11 is 0. The van der Waals surface area contributed by atoms with Gasteiger partial charge in [-0.05, 0) is 12.8 Å². The van der Waals surface area contributed by atoms with Gasteiger partial charge in [-0.25, -0.2) is 8.42 Å². The summed E-state index contributed by atoms with van der Waals surface area (Å²) in [5.41, 5.74) is 2.48. The highest BCUT2D eigenvalue weighted by Crippen LogP contribution is 2.10. The fraction of sp³-hybridized carbons (Fsp3) is 1.00. The second kappa shape index (κ2) is 2.86. The van der Waals surface area contributed by atoms with Crippen molar-refractivity contribution >= 4 is 9.84 Å². The van der Waals surface area contributed by atoms with Crippen molar-refractivity contribution in [3.63, 3.8) is 0 Å². The average Bonchev–Trinajstić information content (AvgIpc) is 1.86. The van der Waals surface area contributed by atoms with Gasteiger partial charge in [0.25, 0.3) is 0 Å². The van der Waals surface area contributed by atoms with Gasteiger partial charge in [0.2, 0.25) is 0 Å². The van der Waals surface area contributed by atoms with Crippen molar-refractivity contribution in [1.29, 1.82) is 0 Å². The lowest BCUT2D eigenvalue weighted by molar-refractivity contribution is 0.491. The molecule has 0 bridgehead atoms. The molecule has 60 valence electrons. The number of nitrogens with one attached hydrogen (secondary N) is 1. The Morgan fingerprint density at radius 1 is 1.50 bits per heavy atom. The molecule has 1 aliphatic rings. The normalized spacial score (nSPS) is 31.9. The Balaban J connectivity index is 2.56. The highest BCUT2D eigenvalue weighted by Gasteiger charge is 2.23. The molecule has 0 spiro atoms. The molecule has 3 N–H and O–H groups in total. The van der Waals surface area contributed by atoms with Gasteiger partial charge in [0.1, 0.15) is 0 Å². The van der Waals surface area contributed by atoms with Crippen molar-refractivity contribution < 1.29 is 8.42 Å². The Bertz CT molecular complexity index is 200. The van der Waals surface area contributed by atoms with E-state index in [9.17, 15) is 8.42 Å². The van der Waals surface area contributed by atoms with Crippen LogP contribution in [0.5, 0.6) is 0 Å². The van der Waals surface area contributed by atoms with E-state index in [1.165, 1.54) is 0 Å². The van der Waals surface area contributed by atoms with Gasteiger partial charge in [0.05, 0.1) is 11.5 Å². The topological polar surface area (TPSA) is 72.2 Å². The highest BCUT2D eigenvalue weighted by atomic mass is 32.2. The zero-order valence-electron chi connectivity index (χ0n) is 5.71. The van der Waals surface area contributed by atoms with Crippen LogP contribution in [-0.2, 0) is 9.84 Å². The Morgan fingerprint density at radius 2 is 2.20 bits per heavy atom. The maximum absolute atomic E-state index is 10.9. The van der Waals surface area contributed by atoms with E-state index in [-0.39, 0.29) is 11.8 Å². The summed E-state index contributed by atoms with van der Waals surface area (Å²) in [7, 11) is -2.79. The maximum Gasteiger partial charge on any atom is 0.151 e. The molecular weight excluding hydrogens is 152 g/mol. The minimum Gasteiger partial charge on any atom is -0.271 e. The van der Waals surface area contributed by atoms with Crippen LogP contribution in [0, 0.1) is 0 Å². The van der Waals surface area contributed by atoms with E-state index in [0.717, 1.165) is 12.8 Å². The quantitative estimate of drug-likeness (QED) is 0.386. The molecule has 1 rings (SSSR count). The molecule has 1 unspecified atom stereocenters. The summed E-state index contributed by atoms with van der Waals surface area (Å²) in [6, 6.07) is -0.0289. The molecule has 0 aromatic heterocycles. The zero-order valence-corrected chi connectivity index (χ0v) is 6.52. The first kappa shape index (κ1) is 7.97. The van der Waals surface area contributed by atoms with Crippen LogP contribution in [0.1, 0.15) is 12.8 Å². The number of sulfone groups is 1. The lowest BCUT2D eigenvalue weighted by atomic mass is 10.2. The molecule has 0 radical (unpaired) electrons. The first-order valence-electron chi connectivity index (χ1n) is 3.30. The lowest BCUT2D eigenvalue weighted by Crippen LogP contribution is -2.43. The summed E-state index contributed by atoms with van der Waals surface area (Å²) < 4.78 is 21.8. The van der Waals surface area contributed by atoms with Gasteiger partial charge < -0.3 is 0 Å². The van der Waals surface area contributed by atoms with Gasteiger partial charge in [-0.3, -0.25) is 11.3 Å². The molecular formula is C5H12N2O2S. The molecule has 0 aliphatic carbocycles. The molecule has 0 saturated carbocycles. The summed E-state index contributed by atoms with van der Waals surface area (Å²) in [5, 5.41) is 0. The molecule has 1 heterocycles. The predicted octanol–water partition coefficient (Wildman–Crippen LogP) is -0.973. The summed E-state index contributed by atoms with van der Waals surface area (Å²) in [6.07, 6.45) is 1.60. The van der Waals surface area contributed by atoms with Crippen LogP contribution in [0.4, 0.5) is 0 Å². The van der Waals surface area contributed by atoms with Gasteiger partial charge >= 0.3 is 0 Å². The summed E-state index contributed by atoms with van der Waals surface area (Å²) in [4.78, 5) is 0. The summed E-state index contributed by atoms with van der Waals surface area (Å²) in [6.45, 7) is 0. The van der Waals surface area contributed by atoms with E-state index < -0.39 is 9.84 Å². The van der Waals surface area contributed by atoms with Gasteiger partial charge in [-0.1, -0.05) is 0 Å². The molecule has 0 aromatic rings. The van der Waals surface area contributed by atoms with Gasteiger partial charge in [-0.2, -0.15) is 0 Å². The first-order valence-corrected chi connectivity index (χ1v) is 5.13. The average molecular weight is 164 g/mol. The van der Waals surface area contributed by atoms with Crippen LogP contribution in [0.15, 0.2) is 0 Å². The van der Waals surface area contributed by atoms with Crippen LogP contribution in [0.25, 0.3) is 0 Å². The highest BCUT2D eigenvalue weighted by molar-refractivity contribution is 7.91. The second-order valence-electron chi connectivity index (χ2n) is 2.62. The fourth-order valence-electron chi connectivity index (χ4n) is 1.15. The van der Waals surface area contributed by atoms with E-state index >= 15 is 0 Å². The molecule has 0 amide bonds. The molecule has 1 aliphatic heterocycles. The standard InChI is InChI=1S/C5H12N2O2S/c6-7-5-2-1-3-10(8,9)4-5/h5,7H,1-4,6H2. The second-order valence-corrected chi connectivity index (χ2v) is 4.85. The number of hydrazine groups is 1. The first-order chi connectivity index (χ1) is 4.64. The molecule has 0 aromatic carbocycles. The van der Waals surface area contributed by atoms with Gasteiger partial charge in [-0.15, -0.1) is 0 Å². The van der Waals surface area contributed by atoms with E-state index in [0.29, 0.717) is 5.75 Å². The predicted molar refractivity (Wildman–Crippen MR) is 39.0 cm³/mol. The third-order valence-electron chi connectivity index (χ3n) is 1.70.